The van der Waals surface area contributed by atoms with Crippen LogP contribution < -0.4 is 15.2 Å². The van der Waals surface area contributed by atoms with Crippen LogP contribution in [0.25, 0.3) is 0 Å². The zero-order valence-electron chi connectivity index (χ0n) is 11.4. The topological polar surface area (TPSA) is 44.5 Å². The van der Waals surface area contributed by atoms with Crippen LogP contribution in [0, 0.1) is 0 Å². The van der Waals surface area contributed by atoms with Crippen LogP contribution in [0.4, 0.5) is 5.69 Å². The molecule has 0 radical (unpaired) electrons. The van der Waals surface area contributed by atoms with Crippen molar-refractivity contribution in [3.05, 3.63) is 51.5 Å². The third-order valence-corrected chi connectivity index (χ3v) is 3.97. The van der Waals surface area contributed by atoms with Gasteiger partial charge in [0.25, 0.3) is 0 Å². The number of hydrogen-bond donors (Lipinski definition) is 1. The molecule has 0 aromatic heterocycles. The summed E-state index contributed by atoms with van der Waals surface area (Å²) in [5.41, 5.74) is 8.66. The van der Waals surface area contributed by atoms with Crippen LogP contribution in [-0.4, -0.2) is 13.2 Å². The maximum atomic E-state index is 6.09. The fourth-order valence-corrected chi connectivity index (χ4v) is 3.00. The zero-order valence-corrected chi connectivity index (χ0v) is 12.9. The minimum atomic E-state index is 0.433. The van der Waals surface area contributed by atoms with Crippen LogP contribution in [0.3, 0.4) is 0 Å². The van der Waals surface area contributed by atoms with Crippen molar-refractivity contribution >= 4 is 28.9 Å². The Bertz CT molecular complexity index is 650. The van der Waals surface area contributed by atoms with Crippen molar-refractivity contribution in [3.8, 4) is 11.5 Å². The number of ether oxygens (including phenoxy) is 2. The van der Waals surface area contributed by atoms with E-state index in [1.807, 2.05) is 6.07 Å². The summed E-state index contributed by atoms with van der Waals surface area (Å²) in [6.07, 6.45) is 1.75. The molecular weight excluding hydrogens is 309 g/mol. The molecule has 3 rings (SSSR count). The minimum absolute atomic E-state index is 0.433. The lowest BCUT2D eigenvalue weighted by Crippen LogP contribution is -2.03. The van der Waals surface area contributed by atoms with Crippen molar-refractivity contribution in [2.45, 2.75) is 12.8 Å². The number of nitrogens with two attached hydrogens (primary N) is 1. The van der Waals surface area contributed by atoms with E-state index in [1.54, 1.807) is 12.1 Å². The van der Waals surface area contributed by atoms with Crippen molar-refractivity contribution < 1.29 is 9.47 Å². The van der Waals surface area contributed by atoms with Gasteiger partial charge in [-0.25, -0.2) is 0 Å². The Labute approximate surface area is 133 Å². The maximum Gasteiger partial charge on any atom is 0.156 e. The quantitative estimate of drug-likeness (QED) is 0.860. The molecule has 1 heterocycles. The Morgan fingerprint density at radius 3 is 2.67 bits per heavy atom. The SMILES string of the molecule is Nc1cc(Cl)c(OCCc2ccc3c(c2)CCO3)c(Cl)c1. The summed E-state index contributed by atoms with van der Waals surface area (Å²) >= 11 is 12.2. The van der Waals surface area contributed by atoms with Gasteiger partial charge in [-0.3, -0.25) is 0 Å². The lowest BCUT2D eigenvalue weighted by atomic mass is 10.1. The number of anilines is 1. The molecule has 0 bridgehead atoms. The molecule has 0 aliphatic carbocycles. The summed E-state index contributed by atoms with van der Waals surface area (Å²) in [5, 5.41) is 0.865. The van der Waals surface area contributed by atoms with E-state index in [0.717, 1.165) is 25.2 Å². The smallest absolute Gasteiger partial charge is 0.156 e. The molecule has 110 valence electrons. The Kier molecular flexibility index (Phi) is 4.13. The van der Waals surface area contributed by atoms with Gasteiger partial charge in [-0.15, -0.1) is 0 Å². The molecule has 2 aromatic carbocycles. The van der Waals surface area contributed by atoms with E-state index in [2.05, 4.69) is 12.1 Å². The van der Waals surface area contributed by atoms with Crippen molar-refractivity contribution in [2.75, 3.05) is 18.9 Å². The van der Waals surface area contributed by atoms with Crippen LogP contribution in [0.1, 0.15) is 11.1 Å². The lowest BCUT2D eigenvalue weighted by molar-refractivity contribution is 0.322. The molecule has 3 nitrogen and oxygen atoms in total. The van der Waals surface area contributed by atoms with Crippen LogP contribution in [0.15, 0.2) is 30.3 Å². The van der Waals surface area contributed by atoms with E-state index in [0.29, 0.717) is 28.1 Å². The molecular formula is C16H15Cl2NO2. The van der Waals surface area contributed by atoms with Gasteiger partial charge in [0.15, 0.2) is 5.75 Å². The standard InChI is InChI=1S/C16H15Cl2NO2/c17-13-8-12(19)9-14(18)16(13)21-5-3-10-1-2-15-11(7-10)4-6-20-15/h1-2,7-9H,3-6,19H2. The largest absolute Gasteiger partial charge is 0.493 e. The number of hydrogen-bond acceptors (Lipinski definition) is 3. The van der Waals surface area contributed by atoms with Gasteiger partial charge in [-0.05, 0) is 29.3 Å². The van der Waals surface area contributed by atoms with Crippen LogP contribution in [0.2, 0.25) is 10.0 Å². The highest BCUT2D eigenvalue weighted by Gasteiger charge is 2.12. The van der Waals surface area contributed by atoms with Gasteiger partial charge in [-0.2, -0.15) is 0 Å². The highest BCUT2D eigenvalue weighted by atomic mass is 35.5. The summed E-state index contributed by atoms with van der Waals surface area (Å²) in [6.45, 7) is 1.27. The summed E-state index contributed by atoms with van der Waals surface area (Å²) in [5.74, 6) is 1.47. The Hall–Kier alpha value is -1.58. The first-order valence-electron chi connectivity index (χ1n) is 6.75. The molecule has 0 saturated heterocycles. The Balaban J connectivity index is 1.64. The molecule has 5 heteroatoms. The molecule has 2 N–H and O–H groups in total. The molecule has 0 atom stereocenters. The molecule has 0 saturated carbocycles. The molecule has 21 heavy (non-hydrogen) atoms. The predicted molar refractivity (Wildman–Crippen MR) is 85.7 cm³/mol. The monoisotopic (exact) mass is 323 g/mol. The number of rotatable bonds is 4. The van der Waals surface area contributed by atoms with E-state index in [9.17, 15) is 0 Å². The molecule has 0 unspecified atom stereocenters. The zero-order chi connectivity index (χ0) is 14.8. The molecule has 0 amide bonds. The van der Waals surface area contributed by atoms with Crippen molar-refractivity contribution in [2.24, 2.45) is 0 Å². The van der Waals surface area contributed by atoms with Gasteiger partial charge < -0.3 is 15.2 Å². The first-order chi connectivity index (χ1) is 10.1. The van der Waals surface area contributed by atoms with E-state index in [1.165, 1.54) is 11.1 Å². The third-order valence-electron chi connectivity index (χ3n) is 3.41. The maximum absolute atomic E-state index is 6.09. The highest BCUT2D eigenvalue weighted by molar-refractivity contribution is 6.37. The van der Waals surface area contributed by atoms with Crippen molar-refractivity contribution in [1.82, 2.24) is 0 Å². The average Bonchev–Trinajstić information content (AvgIpc) is 2.89. The van der Waals surface area contributed by atoms with Gasteiger partial charge in [0, 0.05) is 18.5 Å². The second kappa shape index (κ2) is 6.04. The highest BCUT2D eigenvalue weighted by Crippen LogP contribution is 2.35. The first kappa shape index (κ1) is 14.4. The van der Waals surface area contributed by atoms with Gasteiger partial charge in [0.2, 0.25) is 0 Å². The fourth-order valence-electron chi connectivity index (χ4n) is 2.38. The summed E-state index contributed by atoms with van der Waals surface area (Å²) in [6, 6.07) is 9.50. The van der Waals surface area contributed by atoms with Gasteiger partial charge in [0.1, 0.15) is 5.75 Å². The lowest BCUT2D eigenvalue weighted by Gasteiger charge is -2.11. The second-order valence-electron chi connectivity index (χ2n) is 4.95. The first-order valence-corrected chi connectivity index (χ1v) is 7.51. The second-order valence-corrected chi connectivity index (χ2v) is 5.77. The van der Waals surface area contributed by atoms with E-state index >= 15 is 0 Å². The summed E-state index contributed by atoms with van der Waals surface area (Å²) < 4.78 is 11.2. The molecule has 2 aromatic rings. The van der Waals surface area contributed by atoms with Crippen molar-refractivity contribution in [3.63, 3.8) is 0 Å². The predicted octanol–water partition coefficient (Wildman–Crippen LogP) is 4.13. The Morgan fingerprint density at radius 1 is 1.14 bits per heavy atom. The van der Waals surface area contributed by atoms with Gasteiger partial charge >= 0.3 is 0 Å². The van der Waals surface area contributed by atoms with Crippen molar-refractivity contribution in [1.29, 1.82) is 0 Å². The third kappa shape index (κ3) is 3.20. The number of fused-ring (bicyclic) bond motifs is 1. The van der Waals surface area contributed by atoms with Crippen LogP contribution >= 0.6 is 23.2 Å². The van der Waals surface area contributed by atoms with E-state index < -0.39 is 0 Å². The number of nitrogen functional groups attached to an aromatic ring is 1. The molecule has 0 spiro atoms. The Morgan fingerprint density at radius 2 is 1.90 bits per heavy atom. The number of halogens is 2. The normalized spacial score (nSPS) is 12.9. The fraction of sp³-hybridized carbons (Fsp3) is 0.250. The molecule has 0 fully saturated rings. The minimum Gasteiger partial charge on any atom is -0.493 e. The summed E-state index contributed by atoms with van der Waals surface area (Å²) in [7, 11) is 0. The van der Waals surface area contributed by atoms with Gasteiger partial charge in [0.05, 0.1) is 23.3 Å². The van der Waals surface area contributed by atoms with E-state index in [4.69, 9.17) is 38.4 Å². The molecule has 1 aliphatic heterocycles. The molecule has 1 aliphatic rings. The van der Waals surface area contributed by atoms with Crippen LogP contribution in [0.5, 0.6) is 11.5 Å². The van der Waals surface area contributed by atoms with Gasteiger partial charge in [-0.1, -0.05) is 35.3 Å². The summed E-state index contributed by atoms with van der Waals surface area (Å²) in [4.78, 5) is 0. The number of benzene rings is 2. The van der Waals surface area contributed by atoms with E-state index in [-0.39, 0.29) is 0 Å². The average molecular weight is 324 g/mol. The van der Waals surface area contributed by atoms with Crippen LogP contribution in [-0.2, 0) is 12.8 Å².